The maximum absolute atomic E-state index is 13.4. The van der Waals surface area contributed by atoms with Crippen LogP contribution in [0.5, 0.6) is 17.2 Å². The molecule has 7 heteroatoms. The molecule has 0 spiro atoms. The summed E-state index contributed by atoms with van der Waals surface area (Å²) >= 11 is 0. The van der Waals surface area contributed by atoms with Gasteiger partial charge in [0.25, 0.3) is 0 Å². The summed E-state index contributed by atoms with van der Waals surface area (Å²) in [5.41, 5.74) is 1.28. The summed E-state index contributed by atoms with van der Waals surface area (Å²) < 4.78 is 28.3. The van der Waals surface area contributed by atoms with Gasteiger partial charge in [-0.2, -0.15) is 0 Å². The minimum Gasteiger partial charge on any atom is -0.496 e. The van der Waals surface area contributed by atoms with Crippen molar-refractivity contribution in [3.8, 4) is 17.2 Å². The van der Waals surface area contributed by atoms with E-state index < -0.39 is 5.97 Å². The van der Waals surface area contributed by atoms with Gasteiger partial charge in [0.15, 0.2) is 0 Å². The number of rotatable bonds is 2. The van der Waals surface area contributed by atoms with Gasteiger partial charge in [-0.05, 0) is 18.6 Å². The Labute approximate surface area is 153 Å². The summed E-state index contributed by atoms with van der Waals surface area (Å²) in [6, 6.07) is 6.61. The molecule has 1 fully saturated rings. The van der Waals surface area contributed by atoms with Crippen LogP contribution in [0.25, 0.3) is 21.9 Å². The van der Waals surface area contributed by atoms with Crippen molar-refractivity contribution in [2.45, 2.75) is 25.6 Å². The average Bonchev–Trinajstić information content (AvgIpc) is 3.21. The molecule has 0 unspecified atom stereocenters. The number of hydrogen-bond acceptors (Lipinski definition) is 7. The molecule has 27 heavy (non-hydrogen) atoms. The molecule has 2 aliphatic rings. The smallest absolute Gasteiger partial charge is 0.308 e. The van der Waals surface area contributed by atoms with E-state index in [9.17, 15) is 9.59 Å². The Morgan fingerprint density at radius 1 is 1.22 bits per heavy atom. The van der Waals surface area contributed by atoms with E-state index in [1.807, 2.05) is 0 Å². The third-order valence-electron chi connectivity index (χ3n) is 5.03. The van der Waals surface area contributed by atoms with Crippen LogP contribution >= 0.6 is 0 Å². The molecule has 0 N–H and O–H groups in total. The van der Waals surface area contributed by atoms with Gasteiger partial charge in [-0.15, -0.1) is 0 Å². The van der Waals surface area contributed by atoms with E-state index >= 15 is 0 Å². The molecule has 2 atom stereocenters. The van der Waals surface area contributed by atoms with Crippen molar-refractivity contribution in [1.29, 1.82) is 0 Å². The first-order valence-electron chi connectivity index (χ1n) is 8.65. The molecule has 5 rings (SSSR count). The Hall–Kier alpha value is -3.06. The zero-order valence-corrected chi connectivity index (χ0v) is 14.7. The maximum atomic E-state index is 13.4. The van der Waals surface area contributed by atoms with Crippen molar-refractivity contribution < 1.29 is 28.2 Å². The van der Waals surface area contributed by atoms with Crippen LogP contribution in [0.2, 0.25) is 0 Å². The minimum atomic E-state index is -0.512. The lowest BCUT2D eigenvalue weighted by Gasteiger charge is -2.12. The molecule has 0 aliphatic carbocycles. The molecular weight excluding hydrogens is 352 g/mol. The molecule has 3 aromatic rings. The highest BCUT2D eigenvalue weighted by atomic mass is 16.7. The second-order valence-electron chi connectivity index (χ2n) is 6.60. The van der Waals surface area contributed by atoms with E-state index in [0.717, 1.165) is 12.0 Å². The molecule has 3 heterocycles. The van der Waals surface area contributed by atoms with Gasteiger partial charge in [0, 0.05) is 18.6 Å². The van der Waals surface area contributed by atoms with Gasteiger partial charge < -0.3 is 23.4 Å². The second kappa shape index (κ2) is 5.72. The van der Waals surface area contributed by atoms with Crippen LogP contribution < -0.4 is 19.6 Å². The van der Waals surface area contributed by atoms with Crippen LogP contribution in [0.4, 0.5) is 0 Å². The number of fused-ring (bicyclic) bond motifs is 6. The van der Waals surface area contributed by atoms with E-state index in [-0.39, 0.29) is 28.8 Å². The molecule has 1 aromatic heterocycles. The monoisotopic (exact) mass is 368 g/mol. The van der Waals surface area contributed by atoms with Gasteiger partial charge in [0.1, 0.15) is 39.2 Å². The molecule has 138 valence electrons. The third kappa shape index (κ3) is 2.24. The van der Waals surface area contributed by atoms with Crippen molar-refractivity contribution in [1.82, 2.24) is 0 Å². The third-order valence-corrected chi connectivity index (χ3v) is 5.03. The molecule has 0 bridgehead atoms. The maximum Gasteiger partial charge on any atom is 0.308 e. The molecule has 0 saturated carbocycles. The van der Waals surface area contributed by atoms with Crippen molar-refractivity contribution in [3.63, 3.8) is 0 Å². The van der Waals surface area contributed by atoms with Crippen molar-refractivity contribution in [2.75, 3.05) is 13.7 Å². The average molecular weight is 368 g/mol. The van der Waals surface area contributed by atoms with Crippen LogP contribution in [-0.2, 0) is 9.53 Å². The normalized spacial score (nSPS) is 20.4. The quantitative estimate of drug-likeness (QED) is 0.390. The second-order valence-corrected chi connectivity index (χ2v) is 6.60. The minimum absolute atomic E-state index is 0.00524. The number of carbonyl (C=O) groups excluding carboxylic acids is 1. The van der Waals surface area contributed by atoms with E-state index in [2.05, 4.69) is 0 Å². The predicted molar refractivity (Wildman–Crippen MR) is 95.6 cm³/mol. The Kier molecular flexibility index (Phi) is 3.42. The fourth-order valence-corrected chi connectivity index (χ4v) is 3.94. The number of benzene rings is 2. The largest absolute Gasteiger partial charge is 0.496 e. The lowest BCUT2D eigenvalue weighted by atomic mass is 9.95. The molecule has 0 amide bonds. The lowest BCUT2D eigenvalue weighted by molar-refractivity contribution is -0.131. The highest BCUT2D eigenvalue weighted by Crippen LogP contribution is 2.50. The zero-order valence-electron chi connectivity index (χ0n) is 14.7. The predicted octanol–water partition coefficient (Wildman–Crippen LogP) is 3.10. The summed E-state index contributed by atoms with van der Waals surface area (Å²) in [7, 11) is 1.48. The Bertz CT molecular complexity index is 1160. The summed E-state index contributed by atoms with van der Waals surface area (Å²) in [6.45, 7) is 1.88. The first-order chi connectivity index (χ1) is 13.1. The standard InChI is InChI=1S/C20H16O7/c1-9(21)25-11-4-3-5-12-16(11)18(22)17-13(23-2)8-14-15(19(17)26-12)10-6-7-24-20(10)27-14/h3-5,8,10,20H,6-7H2,1-2H3/t10-,20+/m0/s1. The van der Waals surface area contributed by atoms with Crippen LogP contribution in [0.3, 0.4) is 0 Å². The van der Waals surface area contributed by atoms with Crippen molar-refractivity contribution in [2.24, 2.45) is 0 Å². The van der Waals surface area contributed by atoms with E-state index in [0.29, 0.717) is 34.7 Å². The van der Waals surface area contributed by atoms with Gasteiger partial charge in [0.05, 0.1) is 19.6 Å². The summed E-state index contributed by atoms with van der Waals surface area (Å²) in [5, 5.41) is 0.510. The van der Waals surface area contributed by atoms with Crippen molar-refractivity contribution in [3.05, 3.63) is 40.1 Å². The van der Waals surface area contributed by atoms with Crippen LogP contribution in [0.15, 0.2) is 33.5 Å². The van der Waals surface area contributed by atoms with Crippen LogP contribution in [0, 0.1) is 0 Å². The summed E-state index contributed by atoms with van der Waals surface area (Å²) in [5.74, 6) is 0.606. The highest BCUT2D eigenvalue weighted by molar-refractivity contribution is 5.99. The number of esters is 1. The van der Waals surface area contributed by atoms with Gasteiger partial charge in [-0.3, -0.25) is 9.59 Å². The van der Waals surface area contributed by atoms with E-state index in [4.69, 9.17) is 23.4 Å². The number of ether oxygens (including phenoxy) is 4. The van der Waals surface area contributed by atoms with Gasteiger partial charge >= 0.3 is 5.97 Å². The molecular formula is C20H16O7. The molecule has 7 nitrogen and oxygen atoms in total. The lowest BCUT2D eigenvalue weighted by Crippen LogP contribution is -2.13. The molecule has 2 aromatic carbocycles. The Morgan fingerprint density at radius 2 is 2.07 bits per heavy atom. The first-order valence-corrected chi connectivity index (χ1v) is 8.65. The van der Waals surface area contributed by atoms with Gasteiger partial charge in [0.2, 0.25) is 11.7 Å². The van der Waals surface area contributed by atoms with E-state index in [1.54, 1.807) is 24.3 Å². The molecule has 0 radical (unpaired) electrons. The first kappa shape index (κ1) is 16.1. The van der Waals surface area contributed by atoms with Gasteiger partial charge in [-0.25, -0.2) is 0 Å². The van der Waals surface area contributed by atoms with Crippen molar-refractivity contribution >= 4 is 27.9 Å². The number of hydrogen-bond donors (Lipinski definition) is 0. The topological polar surface area (TPSA) is 84.2 Å². The zero-order chi connectivity index (χ0) is 18.7. The fourth-order valence-electron chi connectivity index (χ4n) is 3.94. The summed E-state index contributed by atoms with van der Waals surface area (Å²) in [6.07, 6.45) is 0.414. The van der Waals surface area contributed by atoms with Gasteiger partial charge in [-0.1, -0.05) is 6.07 Å². The molecule has 1 saturated heterocycles. The fraction of sp³-hybridized carbons (Fsp3) is 0.300. The Balaban J connectivity index is 1.90. The SMILES string of the molecule is COc1cc2c(c3oc4cccc(OC(C)=O)c4c(=O)c13)[C@@H]1CCO[C@@H]1O2. The number of carbonyl (C=O) groups is 1. The van der Waals surface area contributed by atoms with Crippen LogP contribution in [0.1, 0.15) is 24.8 Å². The van der Waals surface area contributed by atoms with Crippen LogP contribution in [-0.4, -0.2) is 26.0 Å². The number of methoxy groups -OCH3 is 1. The highest BCUT2D eigenvalue weighted by Gasteiger charge is 2.42. The van der Waals surface area contributed by atoms with E-state index in [1.165, 1.54) is 14.0 Å². The molecule has 2 aliphatic heterocycles. The summed E-state index contributed by atoms with van der Waals surface area (Å²) in [4.78, 5) is 24.8. The Morgan fingerprint density at radius 3 is 2.85 bits per heavy atom.